The number of rotatable bonds is 5. The lowest BCUT2D eigenvalue weighted by atomic mass is 10.1. The fourth-order valence-corrected chi connectivity index (χ4v) is 4.49. The van der Waals surface area contributed by atoms with Gasteiger partial charge in [0.05, 0.1) is 12.3 Å². The first-order chi connectivity index (χ1) is 15.5. The number of benzene rings is 1. The fourth-order valence-electron chi connectivity index (χ4n) is 4.49. The van der Waals surface area contributed by atoms with Crippen molar-refractivity contribution in [3.05, 3.63) is 63.8 Å². The molecule has 1 aliphatic rings. The number of pyridine rings is 1. The van der Waals surface area contributed by atoms with Gasteiger partial charge in [0, 0.05) is 67.9 Å². The van der Waals surface area contributed by atoms with E-state index in [1.54, 1.807) is 0 Å². The second kappa shape index (κ2) is 8.50. The molecule has 32 heavy (non-hydrogen) atoms. The molecule has 4 aromatic rings. The maximum Gasteiger partial charge on any atom is 0.336 e. The quantitative estimate of drug-likeness (QED) is 0.484. The van der Waals surface area contributed by atoms with E-state index in [-0.39, 0.29) is 6.61 Å². The van der Waals surface area contributed by atoms with Crippen molar-refractivity contribution < 1.29 is 13.9 Å². The number of furan rings is 1. The highest BCUT2D eigenvalue weighted by Crippen LogP contribution is 2.34. The highest BCUT2D eigenvalue weighted by molar-refractivity contribution is 5.95. The van der Waals surface area contributed by atoms with Crippen molar-refractivity contribution in [3.63, 3.8) is 0 Å². The van der Waals surface area contributed by atoms with Crippen molar-refractivity contribution in [3.8, 4) is 11.3 Å². The van der Waals surface area contributed by atoms with Crippen molar-refractivity contribution in [2.45, 2.75) is 20.4 Å². The zero-order valence-electron chi connectivity index (χ0n) is 18.4. The average molecular weight is 434 g/mol. The van der Waals surface area contributed by atoms with Crippen LogP contribution >= 0.6 is 0 Å². The van der Waals surface area contributed by atoms with Gasteiger partial charge < -0.3 is 13.9 Å². The lowest BCUT2D eigenvalue weighted by Gasteiger charge is -2.34. The van der Waals surface area contributed by atoms with Gasteiger partial charge >= 0.3 is 5.63 Å². The number of piperazine rings is 1. The standard InChI is InChI=1S/C25H27N3O4/c1-16-3-4-19-21(13-24(30)31-22(19)11-16)23-12-20-18(14-26-17(2)25(20)32-23)15-28-7-5-27(6-8-28)9-10-29/h3-4,11-14,29H,5-10,15H2,1-2H3. The summed E-state index contributed by atoms with van der Waals surface area (Å²) in [5, 5.41) is 11.0. The number of hydrogen-bond acceptors (Lipinski definition) is 7. The van der Waals surface area contributed by atoms with Crippen LogP contribution in [-0.2, 0) is 6.54 Å². The molecule has 0 spiro atoms. The number of aliphatic hydroxyl groups is 1. The van der Waals surface area contributed by atoms with E-state index in [2.05, 4.69) is 14.8 Å². The first-order valence-electron chi connectivity index (χ1n) is 11.0. The van der Waals surface area contributed by atoms with Gasteiger partial charge in [-0.1, -0.05) is 12.1 Å². The van der Waals surface area contributed by atoms with Crippen LogP contribution in [0.4, 0.5) is 0 Å². The molecule has 0 radical (unpaired) electrons. The third-order valence-electron chi connectivity index (χ3n) is 6.26. The van der Waals surface area contributed by atoms with Crippen molar-refractivity contribution in [1.82, 2.24) is 14.8 Å². The van der Waals surface area contributed by atoms with E-state index >= 15 is 0 Å². The van der Waals surface area contributed by atoms with E-state index < -0.39 is 5.63 Å². The first-order valence-corrected chi connectivity index (χ1v) is 11.0. The lowest BCUT2D eigenvalue weighted by molar-refractivity contribution is 0.108. The third-order valence-corrected chi connectivity index (χ3v) is 6.26. The maximum absolute atomic E-state index is 12.2. The summed E-state index contributed by atoms with van der Waals surface area (Å²) in [7, 11) is 0. The molecule has 0 bridgehead atoms. The van der Waals surface area contributed by atoms with Crippen LogP contribution in [0.5, 0.6) is 0 Å². The Morgan fingerprint density at radius 2 is 1.78 bits per heavy atom. The summed E-state index contributed by atoms with van der Waals surface area (Å²) in [6, 6.07) is 9.36. The minimum absolute atomic E-state index is 0.201. The van der Waals surface area contributed by atoms with Crippen molar-refractivity contribution >= 4 is 21.9 Å². The number of aryl methyl sites for hydroxylation is 2. The molecular formula is C25H27N3O4. The van der Waals surface area contributed by atoms with Gasteiger partial charge in [0.15, 0.2) is 5.58 Å². The zero-order valence-corrected chi connectivity index (χ0v) is 18.4. The van der Waals surface area contributed by atoms with Gasteiger partial charge in [0.1, 0.15) is 11.3 Å². The average Bonchev–Trinajstić information content (AvgIpc) is 3.23. The molecule has 0 amide bonds. The molecule has 1 fully saturated rings. The van der Waals surface area contributed by atoms with Gasteiger partial charge in [0.2, 0.25) is 0 Å². The Morgan fingerprint density at radius 1 is 1.00 bits per heavy atom. The highest BCUT2D eigenvalue weighted by Gasteiger charge is 2.20. The Balaban J connectivity index is 1.52. The lowest BCUT2D eigenvalue weighted by Crippen LogP contribution is -2.46. The van der Waals surface area contributed by atoms with Crippen molar-refractivity contribution in [1.29, 1.82) is 0 Å². The fraction of sp³-hybridized carbons (Fsp3) is 0.360. The molecule has 166 valence electrons. The van der Waals surface area contributed by atoms with E-state index in [4.69, 9.17) is 13.9 Å². The third kappa shape index (κ3) is 3.95. The summed E-state index contributed by atoms with van der Waals surface area (Å²) < 4.78 is 11.7. The van der Waals surface area contributed by atoms with E-state index in [1.165, 1.54) is 6.07 Å². The predicted octanol–water partition coefficient (Wildman–Crippen LogP) is 3.33. The molecule has 5 rings (SSSR count). The van der Waals surface area contributed by atoms with Crippen LogP contribution in [0.1, 0.15) is 16.8 Å². The van der Waals surface area contributed by atoms with Gasteiger partial charge in [-0.2, -0.15) is 0 Å². The second-order valence-corrected chi connectivity index (χ2v) is 8.54. The number of nitrogens with zero attached hydrogens (tertiary/aromatic N) is 3. The maximum atomic E-state index is 12.2. The summed E-state index contributed by atoms with van der Waals surface area (Å²) in [6.07, 6.45) is 1.93. The van der Waals surface area contributed by atoms with Crippen LogP contribution in [0.2, 0.25) is 0 Å². The van der Waals surface area contributed by atoms with Gasteiger partial charge in [-0.05, 0) is 37.1 Å². The summed E-state index contributed by atoms with van der Waals surface area (Å²) >= 11 is 0. The molecule has 0 unspecified atom stereocenters. The SMILES string of the molecule is Cc1ccc2c(-c3cc4c(CN5CCN(CCO)CC5)cnc(C)c4o3)cc(=O)oc2c1. The Labute approximate surface area is 185 Å². The molecule has 4 heterocycles. The Kier molecular flexibility index (Phi) is 5.55. The van der Waals surface area contributed by atoms with Gasteiger partial charge in [-0.25, -0.2) is 4.79 Å². The molecule has 1 N–H and O–H groups in total. The minimum atomic E-state index is -0.394. The van der Waals surface area contributed by atoms with Crippen LogP contribution in [0.25, 0.3) is 33.3 Å². The topological polar surface area (TPSA) is 83.0 Å². The summed E-state index contributed by atoms with van der Waals surface area (Å²) in [5.74, 6) is 0.645. The first kappa shape index (κ1) is 20.9. The van der Waals surface area contributed by atoms with Crippen LogP contribution in [-0.4, -0.2) is 59.2 Å². The molecular weight excluding hydrogens is 406 g/mol. The Hall–Kier alpha value is -3.00. The molecule has 0 atom stereocenters. The summed E-state index contributed by atoms with van der Waals surface area (Å²) in [6.45, 7) is 9.42. The predicted molar refractivity (Wildman–Crippen MR) is 124 cm³/mol. The number of aromatic nitrogens is 1. The molecule has 7 heteroatoms. The summed E-state index contributed by atoms with van der Waals surface area (Å²) in [5.41, 5.74) is 4.62. The van der Waals surface area contributed by atoms with E-state index in [0.29, 0.717) is 11.3 Å². The molecule has 3 aromatic heterocycles. The van der Waals surface area contributed by atoms with Crippen LogP contribution < -0.4 is 5.63 Å². The molecule has 1 aromatic carbocycles. The van der Waals surface area contributed by atoms with Gasteiger partial charge in [0.25, 0.3) is 0 Å². The van der Waals surface area contributed by atoms with Crippen LogP contribution in [0, 0.1) is 13.8 Å². The Bertz CT molecular complexity index is 1330. The van der Waals surface area contributed by atoms with Gasteiger partial charge in [-0.15, -0.1) is 0 Å². The van der Waals surface area contributed by atoms with Crippen LogP contribution in [0.15, 0.2) is 50.2 Å². The molecule has 0 saturated carbocycles. The molecule has 1 aliphatic heterocycles. The molecule has 0 aliphatic carbocycles. The van der Waals surface area contributed by atoms with E-state index in [0.717, 1.165) is 78.0 Å². The molecule has 7 nitrogen and oxygen atoms in total. The number of aliphatic hydroxyl groups excluding tert-OH is 1. The summed E-state index contributed by atoms with van der Waals surface area (Å²) in [4.78, 5) is 21.5. The Morgan fingerprint density at radius 3 is 2.56 bits per heavy atom. The number of β-amino-alcohol motifs (C(OH)–C–C–N with tert-alkyl or cyclic N) is 1. The number of hydrogen-bond donors (Lipinski definition) is 1. The number of fused-ring (bicyclic) bond motifs is 2. The van der Waals surface area contributed by atoms with E-state index in [9.17, 15) is 4.79 Å². The minimum Gasteiger partial charge on any atom is -0.454 e. The highest BCUT2D eigenvalue weighted by atomic mass is 16.4. The van der Waals surface area contributed by atoms with Crippen molar-refractivity contribution in [2.75, 3.05) is 39.3 Å². The normalized spacial score (nSPS) is 15.7. The van der Waals surface area contributed by atoms with Gasteiger partial charge in [-0.3, -0.25) is 14.8 Å². The molecule has 1 saturated heterocycles. The largest absolute Gasteiger partial charge is 0.454 e. The van der Waals surface area contributed by atoms with Crippen molar-refractivity contribution in [2.24, 2.45) is 0 Å². The second-order valence-electron chi connectivity index (χ2n) is 8.54. The monoisotopic (exact) mass is 433 g/mol. The van der Waals surface area contributed by atoms with E-state index in [1.807, 2.05) is 44.3 Å². The zero-order chi connectivity index (χ0) is 22.2. The smallest absolute Gasteiger partial charge is 0.336 e. The van der Waals surface area contributed by atoms with Crippen LogP contribution in [0.3, 0.4) is 0 Å².